The summed E-state index contributed by atoms with van der Waals surface area (Å²) < 4.78 is 51.5. The molecule has 1 aromatic heterocycles. The molecule has 11 heteroatoms. The first kappa shape index (κ1) is 24.1. The van der Waals surface area contributed by atoms with Gasteiger partial charge in [-0.25, -0.2) is 0 Å². The van der Waals surface area contributed by atoms with Crippen LogP contribution in [0.2, 0.25) is 0 Å². The van der Waals surface area contributed by atoms with Crippen molar-refractivity contribution >= 4 is 5.91 Å². The molecule has 4 rings (SSSR count). The third-order valence-electron chi connectivity index (χ3n) is 5.87. The molecule has 2 atom stereocenters. The van der Waals surface area contributed by atoms with E-state index in [0.29, 0.717) is 5.56 Å². The molecule has 1 fully saturated rings. The maximum atomic E-state index is 13.3. The number of hydrogen-bond acceptors (Lipinski definition) is 7. The number of nitrogens with zero attached hydrogens (tertiary/aromatic N) is 4. The lowest BCUT2D eigenvalue weighted by Gasteiger charge is -2.25. The van der Waals surface area contributed by atoms with Crippen molar-refractivity contribution in [3.63, 3.8) is 0 Å². The molecule has 1 amide bonds. The Morgan fingerprint density at radius 3 is 2.63 bits per heavy atom. The van der Waals surface area contributed by atoms with E-state index in [1.807, 2.05) is 0 Å². The molecular weight excluding hydrogens is 465 g/mol. The van der Waals surface area contributed by atoms with Crippen LogP contribution in [0.15, 0.2) is 46.9 Å². The Bertz CT molecular complexity index is 1310. The lowest BCUT2D eigenvalue weighted by molar-refractivity contribution is -0.138. The zero-order chi connectivity index (χ0) is 25.5. The van der Waals surface area contributed by atoms with E-state index in [1.165, 1.54) is 23.1 Å². The number of likely N-dealkylation sites (tertiary alicyclic amines) is 1. The number of carbonyl (C=O) groups excluding carboxylic acids is 1. The Balaban J connectivity index is 1.57. The van der Waals surface area contributed by atoms with Crippen LogP contribution in [0.4, 0.5) is 13.2 Å². The molecule has 2 heterocycles. The molecule has 35 heavy (non-hydrogen) atoms. The number of benzene rings is 2. The fourth-order valence-electron chi connectivity index (χ4n) is 3.99. The van der Waals surface area contributed by atoms with Gasteiger partial charge >= 0.3 is 6.18 Å². The molecule has 2 unspecified atom stereocenters. The number of nitriles is 1. The number of alkyl halides is 3. The number of rotatable bonds is 5. The van der Waals surface area contributed by atoms with Gasteiger partial charge in [-0.05, 0) is 37.3 Å². The first-order valence-corrected chi connectivity index (χ1v) is 10.6. The number of ether oxygens (including phenoxy) is 1. The predicted octanol–water partition coefficient (Wildman–Crippen LogP) is 4.71. The van der Waals surface area contributed by atoms with E-state index in [-0.39, 0.29) is 29.8 Å². The second-order valence-electron chi connectivity index (χ2n) is 8.91. The lowest BCUT2D eigenvalue weighted by Crippen LogP contribution is -2.37. The van der Waals surface area contributed by atoms with Crippen LogP contribution in [0.5, 0.6) is 11.5 Å². The van der Waals surface area contributed by atoms with Crippen LogP contribution < -0.4 is 4.74 Å². The van der Waals surface area contributed by atoms with Crippen LogP contribution in [0.25, 0.3) is 11.5 Å². The highest BCUT2D eigenvalue weighted by molar-refractivity contribution is 5.85. The van der Waals surface area contributed by atoms with Crippen LogP contribution in [0.3, 0.4) is 0 Å². The molecule has 0 radical (unpaired) electrons. The van der Waals surface area contributed by atoms with Crippen LogP contribution in [-0.2, 0) is 11.0 Å². The van der Waals surface area contributed by atoms with Crippen LogP contribution in [-0.4, -0.2) is 38.8 Å². The molecule has 1 aliphatic heterocycles. The summed E-state index contributed by atoms with van der Waals surface area (Å²) in [4.78, 5) is 14.7. The van der Waals surface area contributed by atoms with Gasteiger partial charge in [0.05, 0.1) is 22.8 Å². The number of aromatic nitrogens is 2. The summed E-state index contributed by atoms with van der Waals surface area (Å²) in [7, 11) is 0. The van der Waals surface area contributed by atoms with E-state index in [0.717, 1.165) is 12.1 Å². The Hall–Kier alpha value is -4.07. The third-order valence-corrected chi connectivity index (χ3v) is 5.87. The average Bonchev–Trinajstić information content (AvgIpc) is 3.37. The molecule has 0 bridgehead atoms. The van der Waals surface area contributed by atoms with E-state index in [1.54, 1.807) is 39.0 Å². The molecule has 182 valence electrons. The third kappa shape index (κ3) is 4.51. The van der Waals surface area contributed by atoms with Crippen molar-refractivity contribution in [3.8, 4) is 29.0 Å². The topological polar surface area (TPSA) is 112 Å². The normalized spacial score (nSPS) is 18.4. The van der Waals surface area contributed by atoms with Crippen molar-refractivity contribution in [2.24, 2.45) is 5.41 Å². The van der Waals surface area contributed by atoms with Gasteiger partial charge in [-0.1, -0.05) is 26.0 Å². The molecule has 0 saturated carbocycles. The standard InChI is InChI=1S/C24H21F3N4O4/c1-13(20-29-30-21(35-20)16-6-4-5-7-18(16)32)31-12-23(2,3)19(22(31)33)34-15-9-8-14(11-28)17(10-15)24(25,26)27/h4-10,13,19,32H,12H2,1-3H3. The minimum atomic E-state index is -4.75. The predicted molar refractivity (Wildman–Crippen MR) is 116 cm³/mol. The fraction of sp³-hybridized carbons (Fsp3) is 0.333. The summed E-state index contributed by atoms with van der Waals surface area (Å²) in [6.07, 6.45) is -5.83. The van der Waals surface area contributed by atoms with Crippen molar-refractivity contribution in [2.45, 2.75) is 39.1 Å². The number of phenols is 1. The Morgan fingerprint density at radius 2 is 1.97 bits per heavy atom. The highest BCUT2D eigenvalue weighted by Gasteiger charge is 2.50. The zero-order valence-corrected chi connectivity index (χ0v) is 19.0. The quantitative estimate of drug-likeness (QED) is 0.556. The van der Waals surface area contributed by atoms with Crippen molar-refractivity contribution in [1.29, 1.82) is 5.26 Å². The van der Waals surface area contributed by atoms with Gasteiger partial charge in [0.25, 0.3) is 11.8 Å². The molecule has 8 nitrogen and oxygen atoms in total. The molecule has 0 spiro atoms. The summed E-state index contributed by atoms with van der Waals surface area (Å²) in [6, 6.07) is 10.3. The van der Waals surface area contributed by atoms with Gasteiger partial charge < -0.3 is 19.2 Å². The maximum Gasteiger partial charge on any atom is 0.417 e. The van der Waals surface area contributed by atoms with Crippen LogP contribution in [0, 0.1) is 16.7 Å². The molecule has 1 N–H and O–H groups in total. The highest BCUT2D eigenvalue weighted by atomic mass is 19.4. The van der Waals surface area contributed by atoms with Gasteiger partial charge in [0, 0.05) is 12.0 Å². The Labute approximate surface area is 198 Å². The highest BCUT2D eigenvalue weighted by Crippen LogP contribution is 2.40. The second kappa shape index (κ2) is 8.61. The number of carbonyl (C=O) groups is 1. The summed E-state index contributed by atoms with van der Waals surface area (Å²) in [5.41, 5.74) is -2.09. The number of phenolic OH excluding ortho intramolecular Hbond substituents is 1. The fourth-order valence-corrected chi connectivity index (χ4v) is 3.99. The molecule has 1 aliphatic rings. The molecule has 2 aromatic carbocycles. The molecular formula is C24H21F3N4O4. The first-order valence-electron chi connectivity index (χ1n) is 10.6. The Kier molecular flexibility index (Phi) is 5.92. The summed E-state index contributed by atoms with van der Waals surface area (Å²) in [5, 5.41) is 27.0. The zero-order valence-electron chi connectivity index (χ0n) is 19.0. The van der Waals surface area contributed by atoms with Gasteiger partial charge in [-0.2, -0.15) is 18.4 Å². The summed E-state index contributed by atoms with van der Waals surface area (Å²) in [6.45, 7) is 5.42. The largest absolute Gasteiger partial charge is 0.507 e. The molecule has 1 saturated heterocycles. The van der Waals surface area contributed by atoms with Gasteiger partial charge in [-0.3, -0.25) is 4.79 Å². The van der Waals surface area contributed by atoms with Crippen molar-refractivity contribution in [1.82, 2.24) is 15.1 Å². The van der Waals surface area contributed by atoms with Crippen LogP contribution >= 0.6 is 0 Å². The van der Waals surface area contributed by atoms with Gasteiger partial charge in [0.15, 0.2) is 6.10 Å². The van der Waals surface area contributed by atoms with Crippen molar-refractivity contribution < 1.29 is 32.2 Å². The minimum absolute atomic E-state index is 0.0390. The Morgan fingerprint density at radius 1 is 1.26 bits per heavy atom. The number of amides is 1. The lowest BCUT2D eigenvalue weighted by atomic mass is 9.89. The molecule has 0 aliphatic carbocycles. The van der Waals surface area contributed by atoms with Crippen molar-refractivity contribution in [3.05, 3.63) is 59.5 Å². The van der Waals surface area contributed by atoms with Gasteiger partial charge in [0.1, 0.15) is 17.5 Å². The van der Waals surface area contributed by atoms with Crippen LogP contribution in [0.1, 0.15) is 43.8 Å². The molecule has 3 aromatic rings. The van der Waals surface area contributed by atoms with Crippen molar-refractivity contribution in [2.75, 3.05) is 6.54 Å². The average molecular weight is 486 g/mol. The SMILES string of the molecule is CC(c1nnc(-c2ccccc2O)o1)N1CC(C)(C)C(Oc2ccc(C#N)c(C(F)(F)F)c2)C1=O. The number of halogens is 3. The maximum absolute atomic E-state index is 13.3. The second-order valence-corrected chi connectivity index (χ2v) is 8.91. The van der Waals surface area contributed by atoms with E-state index in [2.05, 4.69) is 10.2 Å². The van der Waals surface area contributed by atoms with E-state index >= 15 is 0 Å². The van der Waals surface area contributed by atoms with Gasteiger partial charge in [-0.15, -0.1) is 10.2 Å². The van der Waals surface area contributed by atoms with Gasteiger partial charge in [0.2, 0.25) is 5.89 Å². The van der Waals surface area contributed by atoms with E-state index in [4.69, 9.17) is 14.4 Å². The minimum Gasteiger partial charge on any atom is -0.507 e. The van der Waals surface area contributed by atoms with E-state index < -0.39 is 40.8 Å². The number of hydrogen-bond donors (Lipinski definition) is 1. The number of para-hydroxylation sites is 1. The monoisotopic (exact) mass is 486 g/mol. The smallest absolute Gasteiger partial charge is 0.417 e. The van der Waals surface area contributed by atoms with E-state index in [9.17, 15) is 23.1 Å². The number of aromatic hydroxyl groups is 1. The summed E-state index contributed by atoms with van der Waals surface area (Å²) >= 11 is 0. The first-order chi connectivity index (χ1) is 16.4. The summed E-state index contributed by atoms with van der Waals surface area (Å²) in [5.74, 6) is -0.450.